The van der Waals surface area contributed by atoms with E-state index < -0.39 is 4.92 Å². The Labute approximate surface area is 129 Å². The molecule has 3 heterocycles. The molecule has 0 N–H and O–H groups in total. The van der Waals surface area contributed by atoms with E-state index in [0.717, 1.165) is 38.8 Å². The molecule has 2 aliphatic rings. The molecule has 2 aliphatic heterocycles. The van der Waals surface area contributed by atoms with E-state index >= 15 is 0 Å². The summed E-state index contributed by atoms with van der Waals surface area (Å²) in [4.78, 5) is 31.1. The van der Waals surface area contributed by atoms with Crippen molar-refractivity contribution in [3.63, 3.8) is 0 Å². The van der Waals surface area contributed by atoms with Crippen molar-refractivity contribution in [2.24, 2.45) is 5.92 Å². The zero-order valence-electron chi connectivity index (χ0n) is 12.5. The second-order valence-corrected chi connectivity index (χ2v) is 5.90. The summed E-state index contributed by atoms with van der Waals surface area (Å²) in [7, 11) is 0. The lowest BCUT2D eigenvalue weighted by Gasteiger charge is -2.33. The van der Waals surface area contributed by atoms with Crippen molar-refractivity contribution in [3.8, 4) is 0 Å². The van der Waals surface area contributed by atoms with Gasteiger partial charge in [-0.05, 0) is 31.7 Å². The van der Waals surface area contributed by atoms with Crippen molar-refractivity contribution in [2.75, 3.05) is 31.1 Å². The molecule has 0 radical (unpaired) electrons. The minimum Gasteiger partial charge on any atom is -0.351 e. The van der Waals surface area contributed by atoms with E-state index in [1.807, 2.05) is 9.80 Å². The molecule has 0 saturated carbocycles. The van der Waals surface area contributed by atoms with Gasteiger partial charge in [-0.25, -0.2) is 4.98 Å². The molecular formula is C15H20N4O3. The predicted octanol–water partition coefficient (Wildman–Crippen LogP) is 1.83. The van der Waals surface area contributed by atoms with Gasteiger partial charge in [-0.15, -0.1) is 0 Å². The highest BCUT2D eigenvalue weighted by molar-refractivity contribution is 5.79. The first-order valence-corrected chi connectivity index (χ1v) is 7.80. The van der Waals surface area contributed by atoms with Crippen LogP contribution in [0.1, 0.15) is 25.7 Å². The normalized spacial score (nSPS) is 19.5. The minimum absolute atomic E-state index is 0.0341. The number of amides is 1. The third-order valence-corrected chi connectivity index (χ3v) is 4.52. The smallest absolute Gasteiger partial charge is 0.311 e. The van der Waals surface area contributed by atoms with Gasteiger partial charge in [0.1, 0.15) is 0 Å². The number of aromatic nitrogens is 1. The number of anilines is 1. The average Bonchev–Trinajstić information content (AvgIpc) is 3.09. The maximum absolute atomic E-state index is 12.4. The molecule has 1 aromatic heterocycles. The van der Waals surface area contributed by atoms with Crippen LogP contribution in [0.5, 0.6) is 0 Å². The first-order chi connectivity index (χ1) is 10.7. The monoisotopic (exact) mass is 304 g/mol. The topological polar surface area (TPSA) is 79.6 Å². The first kappa shape index (κ1) is 14.7. The third kappa shape index (κ3) is 2.88. The van der Waals surface area contributed by atoms with Crippen LogP contribution in [0.25, 0.3) is 0 Å². The first-order valence-electron chi connectivity index (χ1n) is 7.80. The van der Waals surface area contributed by atoms with E-state index in [1.165, 1.54) is 6.07 Å². The number of nitrogens with zero attached hydrogens (tertiary/aromatic N) is 4. The number of rotatable bonds is 3. The number of nitro groups is 1. The molecule has 0 aromatic carbocycles. The van der Waals surface area contributed by atoms with E-state index in [4.69, 9.17) is 0 Å². The number of hydrogen-bond acceptors (Lipinski definition) is 5. The molecule has 2 saturated heterocycles. The molecule has 3 rings (SSSR count). The standard InChI is InChI=1S/C15H20N4O3/c20-15(18-8-1-2-9-18)12-5-10-17(11-6-12)14-13(19(21)22)4-3-7-16-14/h3-4,7,12H,1-2,5-6,8-11H2. The highest BCUT2D eigenvalue weighted by atomic mass is 16.6. The van der Waals surface area contributed by atoms with E-state index in [0.29, 0.717) is 18.9 Å². The maximum atomic E-state index is 12.4. The van der Waals surface area contributed by atoms with Crippen molar-refractivity contribution >= 4 is 17.4 Å². The van der Waals surface area contributed by atoms with Crippen LogP contribution in [0.15, 0.2) is 18.3 Å². The van der Waals surface area contributed by atoms with Gasteiger partial charge < -0.3 is 9.80 Å². The fraction of sp³-hybridized carbons (Fsp3) is 0.600. The van der Waals surface area contributed by atoms with Crippen molar-refractivity contribution in [1.82, 2.24) is 9.88 Å². The largest absolute Gasteiger partial charge is 0.351 e. The van der Waals surface area contributed by atoms with Gasteiger partial charge in [0, 0.05) is 44.4 Å². The van der Waals surface area contributed by atoms with Crippen LogP contribution in [0.4, 0.5) is 11.5 Å². The van der Waals surface area contributed by atoms with Gasteiger partial charge >= 0.3 is 5.69 Å². The van der Waals surface area contributed by atoms with E-state index in [2.05, 4.69) is 4.98 Å². The molecule has 0 spiro atoms. The van der Waals surface area contributed by atoms with Gasteiger partial charge in [0.25, 0.3) is 0 Å². The Morgan fingerprint density at radius 1 is 1.23 bits per heavy atom. The summed E-state index contributed by atoms with van der Waals surface area (Å²) in [5, 5.41) is 11.1. The number of likely N-dealkylation sites (tertiary alicyclic amines) is 1. The molecule has 118 valence electrons. The zero-order chi connectivity index (χ0) is 15.5. The van der Waals surface area contributed by atoms with Gasteiger partial charge in [0.2, 0.25) is 11.7 Å². The summed E-state index contributed by atoms with van der Waals surface area (Å²) in [5.41, 5.74) is 0.0341. The van der Waals surface area contributed by atoms with Gasteiger partial charge in [-0.2, -0.15) is 0 Å². The number of carbonyl (C=O) groups is 1. The summed E-state index contributed by atoms with van der Waals surface area (Å²) in [6, 6.07) is 3.05. The molecule has 0 atom stereocenters. The maximum Gasteiger partial charge on any atom is 0.311 e. The minimum atomic E-state index is -0.399. The Bertz CT molecular complexity index is 564. The van der Waals surface area contributed by atoms with Crippen LogP contribution in [0, 0.1) is 16.0 Å². The Hall–Kier alpha value is -2.18. The molecule has 7 nitrogen and oxygen atoms in total. The highest BCUT2D eigenvalue weighted by Gasteiger charge is 2.31. The van der Waals surface area contributed by atoms with Crippen LogP contribution in [-0.2, 0) is 4.79 Å². The molecule has 22 heavy (non-hydrogen) atoms. The Morgan fingerprint density at radius 2 is 1.91 bits per heavy atom. The number of hydrogen-bond donors (Lipinski definition) is 0. The van der Waals surface area contributed by atoms with Crippen LogP contribution in [0.2, 0.25) is 0 Å². The quantitative estimate of drug-likeness (QED) is 0.628. The molecule has 0 bridgehead atoms. The SMILES string of the molecule is O=C(C1CCN(c2ncccc2[N+](=O)[O-])CC1)N1CCCC1. The summed E-state index contributed by atoms with van der Waals surface area (Å²) in [6.07, 6.45) is 5.26. The van der Waals surface area contributed by atoms with Crippen molar-refractivity contribution in [2.45, 2.75) is 25.7 Å². The summed E-state index contributed by atoms with van der Waals surface area (Å²) in [5.74, 6) is 0.726. The molecule has 0 unspecified atom stereocenters. The van der Waals surface area contributed by atoms with E-state index in [9.17, 15) is 14.9 Å². The Kier molecular flexibility index (Phi) is 4.22. The molecule has 1 aromatic rings. The Morgan fingerprint density at radius 3 is 2.55 bits per heavy atom. The van der Waals surface area contributed by atoms with Crippen molar-refractivity contribution in [1.29, 1.82) is 0 Å². The number of carbonyl (C=O) groups excluding carboxylic acids is 1. The van der Waals surface area contributed by atoms with E-state index in [-0.39, 0.29) is 17.5 Å². The summed E-state index contributed by atoms with van der Waals surface area (Å²) >= 11 is 0. The lowest BCUT2D eigenvalue weighted by molar-refractivity contribution is -0.384. The summed E-state index contributed by atoms with van der Waals surface area (Å²) < 4.78 is 0. The molecule has 2 fully saturated rings. The zero-order valence-corrected chi connectivity index (χ0v) is 12.5. The number of piperidine rings is 1. The van der Waals surface area contributed by atoms with Crippen molar-refractivity contribution < 1.29 is 9.72 Å². The van der Waals surface area contributed by atoms with Gasteiger partial charge in [0.05, 0.1) is 4.92 Å². The molecule has 0 aliphatic carbocycles. The molecule has 1 amide bonds. The highest BCUT2D eigenvalue weighted by Crippen LogP contribution is 2.30. The second-order valence-electron chi connectivity index (χ2n) is 5.90. The molecule has 7 heteroatoms. The van der Waals surface area contributed by atoms with Crippen LogP contribution in [0.3, 0.4) is 0 Å². The van der Waals surface area contributed by atoms with Crippen molar-refractivity contribution in [3.05, 3.63) is 28.4 Å². The van der Waals surface area contributed by atoms with Gasteiger partial charge in [-0.3, -0.25) is 14.9 Å². The average molecular weight is 304 g/mol. The lowest BCUT2D eigenvalue weighted by atomic mass is 9.95. The molecular weight excluding hydrogens is 284 g/mol. The van der Waals surface area contributed by atoms with Crippen LogP contribution < -0.4 is 4.90 Å². The van der Waals surface area contributed by atoms with E-state index in [1.54, 1.807) is 12.3 Å². The predicted molar refractivity (Wildman–Crippen MR) is 81.6 cm³/mol. The second kappa shape index (κ2) is 6.29. The lowest BCUT2D eigenvalue weighted by Crippen LogP contribution is -2.42. The van der Waals surface area contributed by atoms with Gasteiger partial charge in [-0.1, -0.05) is 0 Å². The number of pyridine rings is 1. The third-order valence-electron chi connectivity index (χ3n) is 4.52. The van der Waals surface area contributed by atoms with Crippen LogP contribution in [-0.4, -0.2) is 46.9 Å². The summed E-state index contributed by atoms with van der Waals surface area (Å²) in [6.45, 7) is 3.04. The Balaban J connectivity index is 1.64. The fourth-order valence-electron chi connectivity index (χ4n) is 3.31. The van der Waals surface area contributed by atoms with Crippen LogP contribution >= 0.6 is 0 Å². The van der Waals surface area contributed by atoms with Gasteiger partial charge in [0.15, 0.2) is 0 Å². The fourth-order valence-corrected chi connectivity index (χ4v) is 3.31.